The zero-order chi connectivity index (χ0) is 9.40. The fourth-order valence-corrected chi connectivity index (χ4v) is 1.04. The van der Waals surface area contributed by atoms with Crippen molar-refractivity contribution in [1.29, 1.82) is 5.26 Å². The molecule has 12 heavy (non-hydrogen) atoms. The Hall–Kier alpha value is -0.550. The highest BCUT2D eigenvalue weighted by atomic mass is 14.9. The molecular formula is C10H20N2. The predicted octanol–water partition coefficient (Wildman–Crippen LogP) is 2.31. The zero-order valence-corrected chi connectivity index (χ0v) is 8.43. The molecule has 0 bridgehead atoms. The first-order valence-corrected chi connectivity index (χ1v) is 4.79. The third kappa shape index (κ3) is 7.56. The van der Waals surface area contributed by atoms with Gasteiger partial charge >= 0.3 is 0 Å². The lowest BCUT2D eigenvalue weighted by Gasteiger charge is -2.06. The van der Waals surface area contributed by atoms with Crippen LogP contribution in [0.5, 0.6) is 0 Å². The van der Waals surface area contributed by atoms with Gasteiger partial charge in [-0.2, -0.15) is 5.26 Å². The largest absolute Gasteiger partial charge is 0.302 e. The predicted molar refractivity (Wildman–Crippen MR) is 51.8 cm³/mol. The van der Waals surface area contributed by atoms with E-state index in [4.69, 9.17) is 5.26 Å². The minimum atomic E-state index is 0.00375. The highest BCUT2D eigenvalue weighted by molar-refractivity contribution is 4.84. The number of nitrogens with zero attached hydrogens (tertiary/aromatic N) is 1. The zero-order valence-electron chi connectivity index (χ0n) is 8.43. The molecule has 0 aromatic rings. The summed E-state index contributed by atoms with van der Waals surface area (Å²) in [7, 11) is 0. The quantitative estimate of drug-likeness (QED) is 0.618. The Kier molecular flexibility index (Phi) is 6.79. The number of nitriles is 1. The normalized spacial score (nSPS) is 12.9. The molecule has 0 saturated heterocycles. The molecular weight excluding hydrogens is 148 g/mol. The van der Waals surface area contributed by atoms with Crippen LogP contribution in [0.1, 0.15) is 40.0 Å². The van der Waals surface area contributed by atoms with Crippen molar-refractivity contribution >= 4 is 0 Å². The second-order valence-corrected chi connectivity index (χ2v) is 3.69. The molecule has 2 heteroatoms. The van der Waals surface area contributed by atoms with Crippen molar-refractivity contribution in [2.24, 2.45) is 5.92 Å². The maximum atomic E-state index is 8.47. The van der Waals surface area contributed by atoms with Gasteiger partial charge in [-0.25, -0.2) is 0 Å². The van der Waals surface area contributed by atoms with E-state index >= 15 is 0 Å². The average molecular weight is 168 g/mol. The fraction of sp³-hybridized carbons (Fsp3) is 0.900. The van der Waals surface area contributed by atoms with Crippen LogP contribution in [0.2, 0.25) is 0 Å². The molecule has 0 aliphatic heterocycles. The molecule has 1 unspecified atom stereocenters. The summed E-state index contributed by atoms with van der Waals surface area (Å²) in [5, 5.41) is 11.6. The minimum absolute atomic E-state index is 0.00375. The molecule has 0 spiro atoms. The van der Waals surface area contributed by atoms with Crippen LogP contribution in [-0.4, -0.2) is 12.6 Å². The van der Waals surface area contributed by atoms with Gasteiger partial charge in [0.15, 0.2) is 0 Å². The van der Waals surface area contributed by atoms with Crippen LogP contribution < -0.4 is 5.32 Å². The first kappa shape index (κ1) is 11.4. The van der Waals surface area contributed by atoms with Gasteiger partial charge in [-0.15, -0.1) is 0 Å². The first-order chi connectivity index (χ1) is 5.66. The third-order valence-electron chi connectivity index (χ3n) is 1.85. The maximum Gasteiger partial charge on any atom is 0.0924 e. The summed E-state index contributed by atoms with van der Waals surface area (Å²) in [6.45, 7) is 7.35. The topological polar surface area (TPSA) is 35.8 Å². The molecule has 0 aromatic carbocycles. The van der Waals surface area contributed by atoms with Gasteiger partial charge in [0.2, 0.25) is 0 Å². The highest BCUT2D eigenvalue weighted by Crippen LogP contribution is 2.04. The van der Waals surface area contributed by atoms with Gasteiger partial charge in [-0.1, -0.05) is 26.7 Å². The molecule has 0 aliphatic carbocycles. The van der Waals surface area contributed by atoms with Crippen molar-refractivity contribution < 1.29 is 0 Å². The van der Waals surface area contributed by atoms with E-state index in [9.17, 15) is 0 Å². The van der Waals surface area contributed by atoms with Crippen LogP contribution >= 0.6 is 0 Å². The fourth-order valence-electron chi connectivity index (χ4n) is 1.04. The number of nitrogens with one attached hydrogen (secondary N) is 1. The van der Waals surface area contributed by atoms with E-state index in [1.54, 1.807) is 0 Å². The summed E-state index contributed by atoms with van der Waals surface area (Å²) < 4.78 is 0. The lowest BCUT2D eigenvalue weighted by molar-refractivity contribution is 0.514. The van der Waals surface area contributed by atoms with Gasteiger partial charge < -0.3 is 5.32 Å². The Labute approximate surface area is 76.0 Å². The van der Waals surface area contributed by atoms with Crippen molar-refractivity contribution in [2.75, 3.05) is 6.54 Å². The van der Waals surface area contributed by atoms with Crippen molar-refractivity contribution in [3.63, 3.8) is 0 Å². The lowest BCUT2D eigenvalue weighted by Crippen LogP contribution is -2.25. The van der Waals surface area contributed by atoms with Gasteiger partial charge in [-0.3, -0.25) is 0 Å². The number of unbranched alkanes of at least 4 members (excludes halogenated alkanes) is 1. The molecule has 1 N–H and O–H groups in total. The second-order valence-electron chi connectivity index (χ2n) is 3.69. The maximum absolute atomic E-state index is 8.47. The number of hydrogen-bond acceptors (Lipinski definition) is 2. The molecule has 0 aromatic heterocycles. The lowest BCUT2D eigenvalue weighted by atomic mass is 10.1. The molecule has 0 amide bonds. The monoisotopic (exact) mass is 168 g/mol. The summed E-state index contributed by atoms with van der Waals surface area (Å²) in [6, 6.07) is 2.16. The molecule has 2 nitrogen and oxygen atoms in total. The molecule has 0 aliphatic rings. The average Bonchev–Trinajstić information content (AvgIpc) is 2.03. The number of hydrogen-bond donors (Lipinski definition) is 1. The molecule has 1 atom stereocenters. The molecule has 70 valence electrons. The molecule has 0 fully saturated rings. The van der Waals surface area contributed by atoms with Crippen LogP contribution in [0.15, 0.2) is 0 Å². The van der Waals surface area contributed by atoms with E-state index in [1.807, 2.05) is 6.92 Å². The first-order valence-electron chi connectivity index (χ1n) is 4.79. The van der Waals surface area contributed by atoms with Gasteiger partial charge in [0.05, 0.1) is 12.1 Å². The summed E-state index contributed by atoms with van der Waals surface area (Å²) in [6.07, 6.45) is 3.75. The Bertz CT molecular complexity index is 135. The van der Waals surface area contributed by atoms with E-state index in [0.717, 1.165) is 12.5 Å². The van der Waals surface area contributed by atoms with Crippen molar-refractivity contribution in [3.05, 3.63) is 0 Å². The minimum Gasteiger partial charge on any atom is -0.302 e. The van der Waals surface area contributed by atoms with Crippen LogP contribution in [0.4, 0.5) is 0 Å². The summed E-state index contributed by atoms with van der Waals surface area (Å²) in [4.78, 5) is 0. The van der Waals surface area contributed by atoms with Gasteiger partial charge in [-0.05, 0) is 25.8 Å². The van der Waals surface area contributed by atoms with E-state index in [1.165, 1.54) is 19.3 Å². The van der Waals surface area contributed by atoms with Crippen molar-refractivity contribution in [2.45, 2.75) is 46.1 Å². The standard InChI is InChI=1S/C10H20N2/c1-9(2)6-4-5-7-12-10(3)8-11/h9-10,12H,4-7H2,1-3H3. The SMILES string of the molecule is CC(C)CCCCNC(C)C#N. The van der Waals surface area contributed by atoms with Crippen LogP contribution in [0.3, 0.4) is 0 Å². The van der Waals surface area contributed by atoms with Crippen molar-refractivity contribution in [3.8, 4) is 6.07 Å². The third-order valence-corrected chi connectivity index (χ3v) is 1.85. The number of rotatable bonds is 6. The van der Waals surface area contributed by atoms with Crippen LogP contribution in [0, 0.1) is 17.2 Å². The van der Waals surface area contributed by atoms with E-state index in [-0.39, 0.29) is 6.04 Å². The van der Waals surface area contributed by atoms with Crippen LogP contribution in [0.25, 0.3) is 0 Å². The summed E-state index contributed by atoms with van der Waals surface area (Å²) in [5.41, 5.74) is 0. The Morgan fingerprint density at radius 3 is 2.42 bits per heavy atom. The Morgan fingerprint density at radius 2 is 1.92 bits per heavy atom. The van der Waals surface area contributed by atoms with Gasteiger partial charge in [0.25, 0.3) is 0 Å². The summed E-state index contributed by atoms with van der Waals surface area (Å²) in [5.74, 6) is 0.804. The van der Waals surface area contributed by atoms with E-state index in [0.29, 0.717) is 0 Å². The van der Waals surface area contributed by atoms with Gasteiger partial charge in [0, 0.05) is 0 Å². The van der Waals surface area contributed by atoms with Crippen LogP contribution in [-0.2, 0) is 0 Å². The van der Waals surface area contributed by atoms with Crippen molar-refractivity contribution in [1.82, 2.24) is 5.32 Å². The molecule has 0 radical (unpaired) electrons. The van der Waals surface area contributed by atoms with E-state index < -0.39 is 0 Å². The Morgan fingerprint density at radius 1 is 1.25 bits per heavy atom. The van der Waals surface area contributed by atoms with E-state index in [2.05, 4.69) is 25.2 Å². The molecule has 0 saturated carbocycles. The molecule has 0 heterocycles. The highest BCUT2D eigenvalue weighted by Gasteiger charge is 1.97. The second kappa shape index (κ2) is 7.12. The summed E-state index contributed by atoms with van der Waals surface area (Å²) >= 11 is 0. The Balaban J connectivity index is 3.07. The molecule has 0 rings (SSSR count). The smallest absolute Gasteiger partial charge is 0.0924 e. The van der Waals surface area contributed by atoms with Gasteiger partial charge in [0.1, 0.15) is 0 Å².